The van der Waals surface area contributed by atoms with E-state index in [0.717, 1.165) is 19.4 Å². The minimum Gasteiger partial charge on any atom is -0.390 e. The summed E-state index contributed by atoms with van der Waals surface area (Å²) in [6.45, 7) is 16.2. The van der Waals surface area contributed by atoms with Gasteiger partial charge in [-0.2, -0.15) is 0 Å². The summed E-state index contributed by atoms with van der Waals surface area (Å²) in [6, 6.07) is 1.10. The predicted octanol–water partition coefficient (Wildman–Crippen LogP) is 3.29. The quantitative estimate of drug-likeness (QED) is 0.724. The van der Waals surface area contributed by atoms with Gasteiger partial charge in [-0.05, 0) is 53.4 Å². The van der Waals surface area contributed by atoms with Gasteiger partial charge in [0.25, 0.3) is 0 Å². The monoisotopic (exact) mass is 229 g/mol. The predicted molar refractivity (Wildman–Crippen MR) is 71.7 cm³/mol. The molecule has 2 nitrogen and oxygen atoms in total. The molecule has 2 heteroatoms. The molecule has 1 atom stereocenters. The zero-order chi connectivity index (χ0) is 12.9. The smallest absolute Gasteiger partial charge is 0.0634 e. The van der Waals surface area contributed by atoms with Crippen molar-refractivity contribution in [1.29, 1.82) is 0 Å². The average molecular weight is 229 g/mol. The molecule has 0 fully saturated rings. The van der Waals surface area contributed by atoms with Gasteiger partial charge in [0.1, 0.15) is 0 Å². The van der Waals surface area contributed by atoms with Crippen molar-refractivity contribution >= 4 is 0 Å². The van der Waals surface area contributed by atoms with Gasteiger partial charge < -0.3 is 5.11 Å². The molecule has 16 heavy (non-hydrogen) atoms. The minimum absolute atomic E-state index is 0.518. The van der Waals surface area contributed by atoms with Crippen LogP contribution in [0.4, 0.5) is 0 Å². The molecule has 0 aromatic heterocycles. The zero-order valence-electron chi connectivity index (χ0n) is 12.2. The molecule has 0 bridgehead atoms. The van der Waals surface area contributed by atoms with E-state index in [-0.39, 0.29) is 0 Å². The lowest BCUT2D eigenvalue weighted by Gasteiger charge is -2.34. The van der Waals surface area contributed by atoms with Gasteiger partial charge in [0, 0.05) is 18.6 Å². The molecule has 0 saturated carbocycles. The van der Waals surface area contributed by atoms with Crippen LogP contribution in [0.15, 0.2) is 0 Å². The highest BCUT2D eigenvalue weighted by atomic mass is 16.3. The van der Waals surface area contributed by atoms with Gasteiger partial charge in [0.05, 0.1) is 5.60 Å². The molecule has 0 aromatic rings. The average Bonchev–Trinajstić information content (AvgIpc) is 1.99. The van der Waals surface area contributed by atoms with Gasteiger partial charge in [-0.15, -0.1) is 0 Å². The van der Waals surface area contributed by atoms with E-state index in [9.17, 15) is 5.11 Å². The Balaban J connectivity index is 4.19. The number of hydrogen-bond donors (Lipinski definition) is 1. The fourth-order valence-corrected chi connectivity index (χ4v) is 2.46. The maximum Gasteiger partial charge on any atom is 0.0634 e. The molecule has 0 aromatic carbocycles. The summed E-state index contributed by atoms with van der Waals surface area (Å²) in [4.78, 5) is 2.44. The SMILES string of the molecule is CC(C)CC(C)(O)CCN(C(C)C)C(C)C. The minimum atomic E-state index is -0.518. The second kappa shape index (κ2) is 6.61. The van der Waals surface area contributed by atoms with Gasteiger partial charge in [-0.25, -0.2) is 0 Å². The van der Waals surface area contributed by atoms with Crippen LogP contribution in [0.25, 0.3) is 0 Å². The molecule has 0 aliphatic heterocycles. The molecule has 0 amide bonds. The van der Waals surface area contributed by atoms with Crippen LogP contribution < -0.4 is 0 Å². The maximum atomic E-state index is 10.3. The van der Waals surface area contributed by atoms with Crippen molar-refractivity contribution in [1.82, 2.24) is 4.90 Å². The summed E-state index contributed by atoms with van der Waals surface area (Å²) in [7, 11) is 0. The Bertz CT molecular complexity index is 177. The first-order valence-electron chi connectivity index (χ1n) is 6.64. The van der Waals surface area contributed by atoms with Crippen LogP contribution in [-0.4, -0.2) is 34.2 Å². The van der Waals surface area contributed by atoms with Crippen molar-refractivity contribution in [3.63, 3.8) is 0 Å². The molecule has 1 unspecified atom stereocenters. The van der Waals surface area contributed by atoms with Crippen LogP contribution in [0, 0.1) is 5.92 Å². The standard InChI is InChI=1S/C14H31NO/c1-11(2)10-14(7,16)8-9-15(12(3)4)13(5)6/h11-13,16H,8-10H2,1-7H3. The molecule has 0 spiro atoms. The summed E-state index contributed by atoms with van der Waals surface area (Å²) >= 11 is 0. The lowest BCUT2D eigenvalue weighted by Crippen LogP contribution is -2.41. The van der Waals surface area contributed by atoms with Crippen molar-refractivity contribution in [2.75, 3.05) is 6.54 Å². The van der Waals surface area contributed by atoms with Crippen LogP contribution >= 0.6 is 0 Å². The molecule has 98 valence electrons. The highest BCUT2D eigenvalue weighted by molar-refractivity contribution is 4.78. The number of aliphatic hydroxyl groups is 1. The lowest BCUT2D eigenvalue weighted by atomic mass is 9.91. The van der Waals surface area contributed by atoms with E-state index in [1.807, 2.05) is 6.92 Å². The first-order chi connectivity index (χ1) is 7.15. The van der Waals surface area contributed by atoms with E-state index < -0.39 is 5.60 Å². The third kappa shape index (κ3) is 6.49. The van der Waals surface area contributed by atoms with Crippen LogP contribution in [0.1, 0.15) is 61.3 Å². The van der Waals surface area contributed by atoms with Crippen molar-refractivity contribution in [2.45, 2.75) is 79.0 Å². The van der Waals surface area contributed by atoms with E-state index in [1.54, 1.807) is 0 Å². The number of nitrogens with zero attached hydrogens (tertiary/aromatic N) is 1. The summed E-state index contributed by atoms with van der Waals surface area (Å²) in [6.07, 6.45) is 1.75. The van der Waals surface area contributed by atoms with Gasteiger partial charge in [0.15, 0.2) is 0 Å². The van der Waals surface area contributed by atoms with Gasteiger partial charge in [0.2, 0.25) is 0 Å². The molecule has 0 rings (SSSR count). The molecule has 1 N–H and O–H groups in total. The highest BCUT2D eigenvalue weighted by Gasteiger charge is 2.24. The Hall–Kier alpha value is -0.0800. The highest BCUT2D eigenvalue weighted by Crippen LogP contribution is 2.21. The second-order valence-electron chi connectivity index (χ2n) is 6.27. The zero-order valence-corrected chi connectivity index (χ0v) is 12.2. The molecule has 0 heterocycles. The van der Waals surface area contributed by atoms with Gasteiger partial charge in [-0.1, -0.05) is 13.8 Å². The van der Waals surface area contributed by atoms with E-state index in [2.05, 4.69) is 46.4 Å². The number of rotatable bonds is 7. The van der Waals surface area contributed by atoms with Crippen LogP contribution in [0.3, 0.4) is 0 Å². The molecule has 0 aliphatic rings. The second-order valence-corrected chi connectivity index (χ2v) is 6.27. The third-order valence-corrected chi connectivity index (χ3v) is 3.08. The van der Waals surface area contributed by atoms with Crippen molar-refractivity contribution in [3.05, 3.63) is 0 Å². The Morgan fingerprint density at radius 2 is 1.44 bits per heavy atom. The largest absolute Gasteiger partial charge is 0.390 e. The van der Waals surface area contributed by atoms with Gasteiger partial charge >= 0.3 is 0 Å². The van der Waals surface area contributed by atoms with Crippen LogP contribution in [-0.2, 0) is 0 Å². The van der Waals surface area contributed by atoms with E-state index in [4.69, 9.17) is 0 Å². The Morgan fingerprint density at radius 1 is 1.00 bits per heavy atom. The first kappa shape index (κ1) is 15.9. The summed E-state index contributed by atoms with van der Waals surface area (Å²) in [5.41, 5.74) is -0.518. The molecule has 0 radical (unpaired) electrons. The van der Waals surface area contributed by atoms with Crippen molar-refractivity contribution < 1.29 is 5.11 Å². The maximum absolute atomic E-state index is 10.3. The normalized spacial score (nSPS) is 16.5. The van der Waals surface area contributed by atoms with Crippen LogP contribution in [0.5, 0.6) is 0 Å². The fourth-order valence-electron chi connectivity index (χ4n) is 2.46. The Kier molecular flexibility index (Phi) is 6.57. The molecular weight excluding hydrogens is 198 g/mol. The lowest BCUT2D eigenvalue weighted by molar-refractivity contribution is 0.0133. The number of hydrogen-bond acceptors (Lipinski definition) is 2. The summed E-state index contributed by atoms with van der Waals surface area (Å²) < 4.78 is 0. The van der Waals surface area contributed by atoms with E-state index in [1.165, 1.54) is 0 Å². The van der Waals surface area contributed by atoms with E-state index >= 15 is 0 Å². The Labute approximate surface area is 102 Å². The summed E-state index contributed by atoms with van der Waals surface area (Å²) in [5.74, 6) is 0.557. The molecule has 0 saturated heterocycles. The van der Waals surface area contributed by atoms with Crippen molar-refractivity contribution in [3.8, 4) is 0 Å². The van der Waals surface area contributed by atoms with Crippen LogP contribution in [0.2, 0.25) is 0 Å². The summed E-state index contributed by atoms with van der Waals surface area (Å²) in [5, 5.41) is 10.3. The first-order valence-corrected chi connectivity index (χ1v) is 6.64. The third-order valence-electron chi connectivity index (χ3n) is 3.08. The molecule has 0 aliphatic carbocycles. The van der Waals surface area contributed by atoms with Crippen molar-refractivity contribution in [2.24, 2.45) is 5.92 Å². The molecular formula is C14H31NO. The topological polar surface area (TPSA) is 23.5 Å². The van der Waals surface area contributed by atoms with Gasteiger partial charge in [-0.3, -0.25) is 4.90 Å². The fraction of sp³-hybridized carbons (Fsp3) is 1.00. The Morgan fingerprint density at radius 3 is 1.75 bits per heavy atom. The van der Waals surface area contributed by atoms with E-state index in [0.29, 0.717) is 18.0 Å².